The SMILES string of the molecule is Cc1ccc(N)c(C)c1S(=O)(=O)NCc1scnc1C. The van der Waals surface area contributed by atoms with Crippen LogP contribution in [-0.4, -0.2) is 13.4 Å². The average Bonchev–Trinajstić information content (AvgIpc) is 2.77. The molecule has 0 aliphatic carbocycles. The minimum Gasteiger partial charge on any atom is -0.398 e. The van der Waals surface area contributed by atoms with Crippen LogP contribution < -0.4 is 10.5 Å². The van der Waals surface area contributed by atoms with Crippen molar-refractivity contribution in [1.29, 1.82) is 0 Å². The summed E-state index contributed by atoms with van der Waals surface area (Å²) >= 11 is 1.43. The van der Waals surface area contributed by atoms with E-state index in [1.54, 1.807) is 31.5 Å². The summed E-state index contributed by atoms with van der Waals surface area (Å²) in [5.74, 6) is 0. The minimum atomic E-state index is -3.59. The van der Waals surface area contributed by atoms with Crippen LogP contribution in [0.15, 0.2) is 22.5 Å². The zero-order valence-corrected chi connectivity index (χ0v) is 13.2. The molecule has 1 aromatic carbocycles. The molecule has 0 spiro atoms. The molecule has 0 saturated carbocycles. The van der Waals surface area contributed by atoms with E-state index in [-0.39, 0.29) is 11.4 Å². The van der Waals surface area contributed by atoms with Gasteiger partial charge < -0.3 is 5.73 Å². The molecule has 7 heteroatoms. The second-order valence-corrected chi connectivity index (χ2v) is 7.25. The van der Waals surface area contributed by atoms with Gasteiger partial charge in [0.2, 0.25) is 10.0 Å². The van der Waals surface area contributed by atoms with E-state index in [9.17, 15) is 8.42 Å². The quantitative estimate of drug-likeness (QED) is 0.847. The van der Waals surface area contributed by atoms with E-state index in [2.05, 4.69) is 9.71 Å². The molecule has 0 aliphatic rings. The van der Waals surface area contributed by atoms with E-state index in [4.69, 9.17) is 5.73 Å². The Bertz CT molecular complexity index is 736. The van der Waals surface area contributed by atoms with Crippen LogP contribution >= 0.6 is 11.3 Å². The van der Waals surface area contributed by atoms with Crippen molar-refractivity contribution in [3.05, 3.63) is 39.3 Å². The highest BCUT2D eigenvalue weighted by atomic mass is 32.2. The van der Waals surface area contributed by atoms with Crippen LogP contribution in [0.1, 0.15) is 21.7 Å². The Kier molecular flexibility index (Phi) is 4.12. The third-order valence-electron chi connectivity index (χ3n) is 3.18. The summed E-state index contributed by atoms with van der Waals surface area (Å²) in [6, 6.07) is 3.44. The summed E-state index contributed by atoms with van der Waals surface area (Å²) in [4.78, 5) is 5.28. The van der Waals surface area contributed by atoms with Gasteiger partial charge >= 0.3 is 0 Å². The topological polar surface area (TPSA) is 85.1 Å². The molecule has 2 rings (SSSR count). The van der Waals surface area contributed by atoms with Crippen molar-refractivity contribution >= 4 is 27.0 Å². The van der Waals surface area contributed by atoms with Crippen molar-refractivity contribution in [2.75, 3.05) is 5.73 Å². The molecule has 1 aromatic heterocycles. The number of nitrogens with zero attached hydrogens (tertiary/aromatic N) is 1. The Morgan fingerprint density at radius 3 is 2.60 bits per heavy atom. The zero-order chi connectivity index (χ0) is 14.9. The number of nitrogen functional groups attached to an aromatic ring is 1. The van der Waals surface area contributed by atoms with E-state index < -0.39 is 10.0 Å². The largest absolute Gasteiger partial charge is 0.398 e. The fourth-order valence-corrected chi connectivity index (χ4v) is 4.28. The molecule has 108 valence electrons. The molecule has 1 heterocycles. The molecule has 20 heavy (non-hydrogen) atoms. The molecule has 0 fully saturated rings. The Labute approximate surface area is 122 Å². The Hall–Kier alpha value is -1.44. The van der Waals surface area contributed by atoms with Gasteiger partial charge in [-0.1, -0.05) is 6.07 Å². The van der Waals surface area contributed by atoms with Gasteiger partial charge in [-0.25, -0.2) is 18.1 Å². The first-order valence-corrected chi connectivity index (χ1v) is 8.43. The minimum absolute atomic E-state index is 0.243. The number of nitrogens with one attached hydrogen (secondary N) is 1. The van der Waals surface area contributed by atoms with E-state index in [1.807, 2.05) is 6.92 Å². The van der Waals surface area contributed by atoms with Gasteiger partial charge in [0.1, 0.15) is 0 Å². The second-order valence-electron chi connectivity index (χ2n) is 4.61. The van der Waals surface area contributed by atoms with Gasteiger partial charge in [-0.15, -0.1) is 11.3 Å². The van der Waals surface area contributed by atoms with Gasteiger partial charge in [-0.2, -0.15) is 0 Å². The van der Waals surface area contributed by atoms with Gasteiger partial charge in [-0.05, 0) is 38.0 Å². The lowest BCUT2D eigenvalue weighted by Crippen LogP contribution is -2.25. The zero-order valence-electron chi connectivity index (χ0n) is 11.6. The van der Waals surface area contributed by atoms with Crippen LogP contribution in [0.4, 0.5) is 5.69 Å². The maximum Gasteiger partial charge on any atom is 0.241 e. The fourth-order valence-electron chi connectivity index (χ4n) is 1.98. The number of hydrogen-bond acceptors (Lipinski definition) is 5. The Morgan fingerprint density at radius 1 is 1.30 bits per heavy atom. The van der Waals surface area contributed by atoms with Crippen LogP contribution in [0.2, 0.25) is 0 Å². The lowest BCUT2D eigenvalue weighted by Gasteiger charge is -2.13. The number of sulfonamides is 1. The molecule has 0 saturated heterocycles. The first-order chi connectivity index (χ1) is 9.33. The molecule has 3 N–H and O–H groups in total. The number of aromatic nitrogens is 1. The van der Waals surface area contributed by atoms with Crippen LogP contribution in [0.5, 0.6) is 0 Å². The molecule has 0 unspecified atom stereocenters. The van der Waals surface area contributed by atoms with Crippen LogP contribution in [0.3, 0.4) is 0 Å². The molecular formula is C13H17N3O2S2. The standard InChI is InChI=1S/C13H17N3O2S2/c1-8-4-5-11(14)9(2)13(8)20(17,18)16-6-12-10(3)15-7-19-12/h4-5,7,16H,6,14H2,1-3H3. The summed E-state index contributed by atoms with van der Waals surface area (Å²) in [7, 11) is -3.59. The number of nitrogens with two attached hydrogens (primary N) is 1. The van der Waals surface area contributed by atoms with Gasteiger partial charge in [0.25, 0.3) is 0 Å². The maximum atomic E-state index is 12.5. The Morgan fingerprint density at radius 2 is 2.00 bits per heavy atom. The smallest absolute Gasteiger partial charge is 0.241 e. The molecule has 0 radical (unpaired) electrons. The molecular weight excluding hydrogens is 294 g/mol. The molecule has 2 aromatic rings. The summed E-state index contributed by atoms with van der Waals surface area (Å²) in [6.07, 6.45) is 0. The molecule has 5 nitrogen and oxygen atoms in total. The highest BCUT2D eigenvalue weighted by Gasteiger charge is 2.21. The average molecular weight is 311 g/mol. The highest BCUT2D eigenvalue weighted by Crippen LogP contribution is 2.25. The van der Waals surface area contributed by atoms with E-state index >= 15 is 0 Å². The normalized spacial score (nSPS) is 11.8. The first kappa shape index (κ1) is 15.0. The summed E-state index contributed by atoms with van der Waals surface area (Å²) in [5.41, 5.74) is 10.1. The van der Waals surface area contributed by atoms with E-state index in [0.717, 1.165) is 10.6 Å². The third kappa shape index (κ3) is 2.84. The number of anilines is 1. The van der Waals surface area contributed by atoms with Crippen LogP contribution in [0, 0.1) is 20.8 Å². The lowest BCUT2D eigenvalue weighted by atomic mass is 10.1. The van der Waals surface area contributed by atoms with Crippen LogP contribution in [-0.2, 0) is 16.6 Å². The number of benzene rings is 1. The second kappa shape index (κ2) is 5.51. The van der Waals surface area contributed by atoms with E-state index in [1.165, 1.54) is 11.3 Å². The van der Waals surface area contributed by atoms with Crippen molar-refractivity contribution in [2.24, 2.45) is 0 Å². The molecule has 0 bridgehead atoms. The van der Waals surface area contributed by atoms with Gasteiger partial charge in [0.05, 0.1) is 16.1 Å². The van der Waals surface area contributed by atoms with E-state index in [0.29, 0.717) is 16.8 Å². The third-order valence-corrected chi connectivity index (χ3v) is 5.81. The summed E-state index contributed by atoms with van der Waals surface area (Å²) < 4.78 is 27.5. The van der Waals surface area contributed by atoms with Gasteiger partial charge in [0, 0.05) is 17.1 Å². The molecule has 0 atom stereocenters. The van der Waals surface area contributed by atoms with Gasteiger partial charge in [-0.3, -0.25) is 0 Å². The van der Waals surface area contributed by atoms with Crippen molar-refractivity contribution in [3.8, 4) is 0 Å². The van der Waals surface area contributed by atoms with Crippen LogP contribution in [0.25, 0.3) is 0 Å². The van der Waals surface area contributed by atoms with Crippen molar-refractivity contribution in [3.63, 3.8) is 0 Å². The molecule has 0 amide bonds. The fraction of sp³-hybridized carbons (Fsp3) is 0.308. The number of hydrogen-bond donors (Lipinski definition) is 2. The highest BCUT2D eigenvalue weighted by molar-refractivity contribution is 7.89. The van der Waals surface area contributed by atoms with Crippen molar-refractivity contribution < 1.29 is 8.42 Å². The van der Waals surface area contributed by atoms with Gasteiger partial charge in [0.15, 0.2) is 0 Å². The predicted octanol–water partition coefficient (Wildman–Crippen LogP) is 2.13. The number of thiazole rings is 1. The Balaban J connectivity index is 2.32. The maximum absolute atomic E-state index is 12.5. The predicted molar refractivity (Wildman–Crippen MR) is 81.2 cm³/mol. The first-order valence-electron chi connectivity index (χ1n) is 6.07. The van der Waals surface area contributed by atoms with Crippen molar-refractivity contribution in [2.45, 2.75) is 32.2 Å². The number of aryl methyl sites for hydroxylation is 2. The van der Waals surface area contributed by atoms with Crippen molar-refractivity contribution in [1.82, 2.24) is 9.71 Å². The lowest BCUT2D eigenvalue weighted by molar-refractivity contribution is 0.580. The number of rotatable bonds is 4. The summed E-state index contributed by atoms with van der Waals surface area (Å²) in [6.45, 7) is 5.58. The molecule has 0 aliphatic heterocycles. The summed E-state index contributed by atoms with van der Waals surface area (Å²) in [5, 5.41) is 0. The monoisotopic (exact) mass is 311 g/mol.